The van der Waals surface area contributed by atoms with E-state index in [9.17, 15) is 5.11 Å². The Labute approximate surface area is 116 Å². The van der Waals surface area contributed by atoms with Crippen molar-refractivity contribution < 1.29 is 5.11 Å². The van der Waals surface area contributed by atoms with Gasteiger partial charge in [-0.2, -0.15) is 0 Å². The summed E-state index contributed by atoms with van der Waals surface area (Å²) in [6.45, 7) is 1.92. The molecule has 1 aromatic rings. The van der Waals surface area contributed by atoms with Crippen LogP contribution < -0.4 is 4.90 Å². The average Bonchev–Trinajstić information content (AvgIpc) is 2.76. The standard InChI is InChI=1S/C17H25NO/c1-13(19)11-16-12-14-7-5-6-10-17(14)18(16)15-8-3-2-4-9-15/h5-7,10,13,15-16,19H,2-4,8-9,11-12H2,1H3. The van der Waals surface area contributed by atoms with Gasteiger partial charge in [0.1, 0.15) is 0 Å². The zero-order valence-electron chi connectivity index (χ0n) is 11.9. The highest BCUT2D eigenvalue weighted by Crippen LogP contribution is 2.38. The molecule has 0 aromatic heterocycles. The summed E-state index contributed by atoms with van der Waals surface area (Å²) < 4.78 is 0. The van der Waals surface area contributed by atoms with Gasteiger partial charge in [-0.1, -0.05) is 37.5 Å². The van der Waals surface area contributed by atoms with Gasteiger partial charge in [-0.05, 0) is 44.2 Å². The van der Waals surface area contributed by atoms with Crippen molar-refractivity contribution >= 4 is 5.69 Å². The van der Waals surface area contributed by atoms with Crippen LogP contribution in [0.1, 0.15) is 51.0 Å². The lowest BCUT2D eigenvalue weighted by Crippen LogP contribution is -2.43. The first-order valence-electron chi connectivity index (χ1n) is 7.80. The third kappa shape index (κ3) is 2.64. The molecule has 1 saturated carbocycles. The molecule has 0 saturated heterocycles. The van der Waals surface area contributed by atoms with Gasteiger partial charge in [0.15, 0.2) is 0 Å². The number of benzene rings is 1. The minimum atomic E-state index is -0.203. The lowest BCUT2D eigenvalue weighted by molar-refractivity contribution is 0.171. The van der Waals surface area contributed by atoms with Gasteiger partial charge >= 0.3 is 0 Å². The summed E-state index contributed by atoms with van der Waals surface area (Å²) >= 11 is 0. The third-order valence-electron chi connectivity index (χ3n) is 4.70. The molecule has 1 aromatic carbocycles. The second kappa shape index (κ2) is 5.54. The van der Waals surface area contributed by atoms with Crippen LogP contribution in [0.25, 0.3) is 0 Å². The summed E-state index contributed by atoms with van der Waals surface area (Å²) in [6.07, 6.45) is 8.58. The Balaban J connectivity index is 1.86. The molecule has 19 heavy (non-hydrogen) atoms. The van der Waals surface area contributed by atoms with Crippen molar-refractivity contribution in [3.8, 4) is 0 Å². The number of hydrogen-bond donors (Lipinski definition) is 1. The van der Waals surface area contributed by atoms with E-state index in [2.05, 4.69) is 29.2 Å². The van der Waals surface area contributed by atoms with Gasteiger partial charge in [0.25, 0.3) is 0 Å². The molecular formula is C17H25NO. The largest absolute Gasteiger partial charge is 0.393 e. The van der Waals surface area contributed by atoms with E-state index in [-0.39, 0.29) is 6.10 Å². The summed E-state index contributed by atoms with van der Waals surface area (Å²) in [5.41, 5.74) is 2.90. The van der Waals surface area contributed by atoms with Crippen LogP contribution in [0.4, 0.5) is 5.69 Å². The highest BCUT2D eigenvalue weighted by atomic mass is 16.3. The predicted octanol–water partition coefficient (Wildman–Crippen LogP) is 3.52. The number of nitrogens with zero attached hydrogens (tertiary/aromatic N) is 1. The molecule has 1 N–H and O–H groups in total. The Morgan fingerprint density at radius 3 is 2.68 bits per heavy atom. The molecule has 0 radical (unpaired) electrons. The third-order valence-corrected chi connectivity index (χ3v) is 4.70. The Morgan fingerprint density at radius 2 is 1.95 bits per heavy atom. The normalized spacial score (nSPS) is 25.4. The molecule has 1 heterocycles. The zero-order chi connectivity index (χ0) is 13.2. The van der Waals surface area contributed by atoms with E-state index >= 15 is 0 Å². The molecule has 1 aliphatic carbocycles. The van der Waals surface area contributed by atoms with Crippen LogP contribution >= 0.6 is 0 Å². The van der Waals surface area contributed by atoms with Crippen LogP contribution in [0, 0.1) is 0 Å². The topological polar surface area (TPSA) is 23.5 Å². The quantitative estimate of drug-likeness (QED) is 0.897. The molecule has 2 heteroatoms. The Morgan fingerprint density at radius 1 is 1.21 bits per heavy atom. The van der Waals surface area contributed by atoms with Crippen molar-refractivity contribution in [2.45, 2.75) is 70.1 Å². The Bertz CT molecular complexity index is 423. The fourth-order valence-corrected chi connectivity index (χ4v) is 3.93. The molecule has 1 aliphatic heterocycles. The van der Waals surface area contributed by atoms with Gasteiger partial charge in [-0.3, -0.25) is 0 Å². The molecular weight excluding hydrogens is 234 g/mol. The smallest absolute Gasteiger partial charge is 0.0531 e. The first-order valence-corrected chi connectivity index (χ1v) is 7.80. The first kappa shape index (κ1) is 13.0. The number of fused-ring (bicyclic) bond motifs is 1. The lowest BCUT2D eigenvalue weighted by Gasteiger charge is -2.38. The maximum Gasteiger partial charge on any atom is 0.0531 e. The van der Waals surface area contributed by atoms with Crippen molar-refractivity contribution in [1.29, 1.82) is 0 Å². The van der Waals surface area contributed by atoms with Gasteiger partial charge in [-0.15, -0.1) is 0 Å². The van der Waals surface area contributed by atoms with Gasteiger partial charge in [0, 0.05) is 17.8 Å². The van der Waals surface area contributed by atoms with Gasteiger partial charge in [-0.25, -0.2) is 0 Å². The van der Waals surface area contributed by atoms with Crippen molar-refractivity contribution in [1.82, 2.24) is 0 Å². The molecule has 1 fully saturated rings. The number of aliphatic hydroxyl groups is 1. The maximum atomic E-state index is 9.78. The van der Waals surface area contributed by atoms with Gasteiger partial charge < -0.3 is 10.0 Å². The second-order valence-corrected chi connectivity index (χ2v) is 6.27. The first-order chi connectivity index (χ1) is 9.25. The minimum Gasteiger partial charge on any atom is -0.393 e. The summed E-state index contributed by atoms with van der Waals surface area (Å²) in [6, 6.07) is 10.0. The number of anilines is 1. The van der Waals surface area contributed by atoms with E-state index < -0.39 is 0 Å². The van der Waals surface area contributed by atoms with E-state index in [1.165, 1.54) is 43.4 Å². The van der Waals surface area contributed by atoms with Crippen LogP contribution in [-0.2, 0) is 6.42 Å². The van der Waals surface area contributed by atoms with Crippen molar-refractivity contribution in [3.63, 3.8) is 0 Å². The zero-order valence-corrected chi connectivity index (χ0v) is 11.9. The van der Waals surface area contributed by atoms with Crippen LogP contribution in [0.15, 0.2) is 24.3 Å². The highest BCUT2D eigenvalue weighted by Gasteiger charge is 2.34. The molecule has 2 unspecified atom stereocenters. The van der Waals surface area contributed by atoms with Crippen LogP contribution in [0.2, 0.25) is 0 Å². The Kier molecular flexibility index (Phi) is 3.79. The maximum absolute atomic E-state index is 9.78. The molecule has 3 rings (SSSR count). The number of hydrogen-bond acceptors (Lipinski definition) is 2. The fraction of sp³-hybridized carbons (Fsp3) is 0.647. The van der Waals surface area contributed by atoms with Gasteiger partial charge in [0.05, 0.1) is 6.10 Å². The SMILES string of the molecule is CC(O)CC1Cc2ccccc2N1C1CCCCC1. The number of aliphatic hydroxyl groups excluding tert-OH is 1. The number of rotatable bonds is 3. The van der Waals surface area contributed by atoms with Crippen molar-refractivity contribution in [2.75, 3.05) is 4.90 Å². The molecule has 0 bridgehead atoms. The summed E-state index contributed by atoms with van der Waals surface area (Å²) in [7, 11) is 0. The summed E-state index contributed by atoms with van der Waals surface area (Å²) in [5.74, 6) is 0. The molecule has 104 valence electrons. The van der Waals surface area contributed by atoms with E-state index in [0.29, 0.717) is 12.1 Å². The average molecular weight is 259 g/mol. The molecule has 2 aliphatic rings. The molecule has 0 spiro atoms. The fourth-order valence-electron chi connectivity index (χ4n) is 3.93. The van der Waals surface area contributed by atoms with Crippen LogP contribution in [0.5, 0.6) is 0 Å². The predicted molar refractivity (Wildman–Crippen MR) is 79.6 cm³/mol. The van der Waals surface area contributed by atoms with E-state index in [4.69, 9.17) is 0 Å². The Hall–Kier alpha value is -1.02. The van der Waals surface area contributed by atoms with Gasteiger partial charge in [0.2, 0.25) is 0 Å². The molecule has 2 nitrogen and oxygen atoms in total. The van der Waals surface area contributed by atoms with Crippen molar-refractivity contribution in [2.24, 2.45) is 0 Å². The summed E-state index contributed by atoms with van der Waals surface area (Å²) in [5, 5.41) is 9.78. The second-order valence-electron chi connectivity index (χ2n) is 6.27. The van der Waals surface area contributed by atoms with Crippen molar-refractivity contribution in [3.05, 3.63) is 29.8 Å². The van der Waals surface area contributed by atoms with Crippen LogP contribution in [-0.4, -0.2) is 23.3 Å². The monoisotopic (exact) mass is 259 g/mol. The minimum absolute atomic E-state index is 0.203. The number of para-hydroxylation sites is 1. The van der Waals surface area contributed by atoms with E-state index in [1.54, 1.807) is 0 Å². The molecule has 0 amide bonds. The van der Waals surface area contributed by atoms with Crippen LogP contribution in [0.3, 0.4) is 0 Å². The molecule has 2 atom stereocenters. The van der Waals surface area contributed by atoms with E-state index in [1.807, 2.05) is 6.92 Å². The highest BCUT2D eigenvalue weighted by molar-refractivity contribution is 5.60. The van der Waals surface area contributed by atoms with E-state index in [0.717, 1.165) is 12.8 Å². The lowest BCUT2D eigenvalue weighted by atomic mass is 9.93. The summed E-state index contributed by atoms with van der Waals surface area (Å²) in [4.78, 5) is 2.64.